The quantitative estimate of drug-likeness (QED) is 0.704. The molecule has 1 atom stereocenters. The Morgan fingerprint density at radius 2 is 1.56 bits per heavy atom. The van der Waals surface area contributed by atoms with Gasteiger partial charge in [0.25, 0.3) is 0 Å². The number of anilines is 1. The molecule has 6 heteroatoms. The molecule has 6 nitrogen and oxygen atoms in total. The summed E-state index contributed by atoms with van der Waals surface area (Å²) in [6.45, 7) is 4.66. The second kappa shape index (κ2) is 9.98. The number of hydrogen-bond acceptors (Lipinski definition) is 3. The van der Waals surface area contributed by atoms with Crippen LogP contribution in [0, 0.1) is 12.8 Å². The van der Waals surface area contributed by atoms with Crippen LogP contribution >= 0.6 is 0 Å². The van der Waals surface area contributed by atoms with Crippen molar-refractivity contribution in [1.82, 2.24) is 9.80 Å². The second-order valence-electron chi connectivity index (χ2n) is 8.79. The van der Waals surface area contributed by atoms with Gasteiger partial charge in [-0.05, 0) is 37.5 Å². The number of carbonyl (C=O) groups is 3. The SMILES string of the molecule is Cc1ccc(N2CC(C(=O)N3CCN(C(=O)CCCc4ccccc4)CC3)CC2=O)cc1. The first kappa shape index (κ1) is 22.1. The van der Waals surface area contributed by atoms with Crippen molar-refractivity contribution in [2.75, 3.05) is 37.6 Å². The summed E-state index contributed by atoms with van der Waals surface area (Å²) in [6, 6.07) is 18.0. The Labute approximate surface area is 189 Å². The lowest BCUT2D eigenvalue weighted by atomic mass is 10.1. The highest BCUT2D eigenvalue weighted by molar-refractivity contribution is 6.00. The Kier molecular flexibility index (Phi) is 6.88. The van der Waals surface area contributed by atoms with E-state index in [4.69, 9.17) is 0 Å². The van der Waals surface area contributed by atoms with Crippen LogP contribution in [0.15, 0.2) is 54.6 Å². The Balaban J connectivity index is 1.23. The number of benzene rings is 2. The topological polar surface area (TPSA) is 60.9 Å². The molecule has 2 aromatic carbocycles. The van der Waals surface area contributed by atoms with Gasteiger partial charge in [-0.2, -0.15) is 0 Å². The summed E-state index contributed by atoms with van der Waals surface area (Å²) in [5.74, 6) is -0.116. The van der Waals surface area contributed by atoms with Gasteiger partial charge in [0.1, 0.15) is 0 Å². The van der Waals surface area contributed by atoms with Gasteiger partial charge in [-0.3, -0.25) is 14.4 Å². The van der Waals surface area contributed by atoms with Gasteiger partial charge < -0.3 is 14.7 Å². The normalized spacial score (nSPS) is 18.8. The van der Waals surface area contributed by atoms with Crippen LogP contribution in [0.1, 0.15) is 30.4 Å². The smallest absolute Gasteiger partial charge is 0.228 e. The first-order valence-electron chi connectivity index (χ1n) is 11.5. The molecule has 2 aliphatic heterocycles. The first-order chi connectivity index (χ1) is 15.5. The predicted octanol–water partition coefficient (Wildman–Crippen LogP) is 3.04. The highest BCUT2D eigenvalue weighted by atomic mass is 16.2. The van der Waals surface area contributed by atoms with Crippen molar-refractivity contribution >= 4 is 23.4 Å². The van der Waals surface area contributed by atoms with Crippen LogP contribution in [0.4, 0.5) is 5.69 Å². The van der Waals surface area contributed by atoms with Gasteiger partial charge in [-0.15, -0.1) is 0 Å². The van der Waals surface area contributed by atoms with E-state index in [1.54, 1.807) is 4.90 Å². The molecule has 0 aliphatic carbocycles. The summed E-state index contributed by atoms with van der Waals surface area (Å²) in [4.78, 5) is 43.5. The van der Waals surface area contributed by atoms with Crippen LogP contribution < -0.4 is 4.90 Å². The summed E-state index contributed by atoms with van der Waals surface area (Å²) in [6.07, 6.45) is 2.52. The van der Waals surface area contributed by atoms with Crippen LogP contribution in [0.2, 0.25) is 0 Å². The van der Waals surface area contributed by atoms with Crippen molar-refractivity contribution in [2.45, 2.75) is 32.6 Å². The molecule has 32 heavy (non-hydrogen) atoms. The van der Waals surface area contributed by atoms with Crippen molar-refractivity contribution in [3.63, 3.8) is 0 Å². The molecule has 0 bridgehead atoms. The lowest BCUT2D eigenvalue weighted by Gasteiger charge is -2.36. The van der Waals surface area contributed by atoms with E-state index in [0.29, 0.717) is 39.1 Å². The Morgan fingerprint density at radius 1 is 0.906 bits per heavy atom. The molecule has 168 valence electrons. The zero-order valence-corrected chi connectivity index (χ0v) is 18.7. The van der Waals surface area contributed by atoms with Crippen LogP contribution in [0.3, 0.4) is 0 Å². The molecule has 0 radical (unpaired) electrons. The molecule has 0 aromatic heterocycles. The fraction of sp³-hybridized carbons (Fsp3) is 0.423. The van der Waals surface area contributed by atoms with Gasteiger partial charge in [-0.25, -0.2) is 0 Å². The highest BCUT2D eigenvalue weighted by Crippen LogP contribution is 2.27. The van der Waals surface area contributed by atoms with E-state index < -0.39 is 0 Å². The van der Waals surface area contributed by atoms with Crippen LogP contribution in [0.5, 0.6) is 0 Å². The van der Waals surface area contributed by atoms with E-state index in [-0.39, 0.29) is 30.1 Å². The number of rotatable bonds is 6. The third-order valence-electron chi connectivity index (χ3n) is 6.46. The predicted molar refractivity (Wildman–Crippen MR) is 124 cm³/mol. The number of aryl methyl sites for hydroxylation is 2. The summed E-state index contributed by atoms with van der Waals surface area (Å²) in [5, 5.41) is 0. The van der Waals surface area contributed by atoms with Crippen molar-refractivity contribution < 1.29 is 14.4 Å². The number of piperazine rings is 1. The molecule has 2 saturated heterocycles. The average molecular weight is 434 g/mol. The second-order valence-corrected chi connectivity index (χ2v) is 8.79. The molecule has 0 saturated carbocycles. The molecule has 1 unspecified atom stereocenters. The molecular weight excluding hydrogens is 402 g/mol. The van der Waals surface area contributed by atoms with E-state index in [2.05, 4.69) is 12.1 Å². The minimum absolute atomic E-state index is 0.000525. The van der Waals surface area contributed by atoms with Crippen molar-refractivity contribution in [2.24, 2.45) is 5.92 Å². The van der Waals surface area contributed by atoms with Crippen LogP contribution in [-0.4, -0.2) is 60.2 Å². The first-order valence-corrected chi connectivity index (χ1v) is 11.5. The summed E-state index contributed by atoms with van der Waals surface area (Å²) >= 11 is 0. The lowest BCUT2D eigenvalue weighted by molar-refractivity contribution is -0.142. The molecule has 4 rings (SSSR count). The highest BCUT2D eigenvalue weighted by Gasteiger charge is 2.38. The molecule has 2 fully saturated rings. The van der Waals surface area contributed by atoms with Gasteiger partial charge in [-0.1, -0.05) is 48.0 Å². The van der Waals surface area contributed by atoms with E-state index in [1.807, 2.05) is 59.2 Å². The molecule has 2 aromatic rings. The summed E-state index contributed by atoms with van der Waals surface area (Å²) < 4.78 is 0. The molecular formula is C26H31N3O3. The molecule has 2 aliphatic rings. The lowest BCUT2D eigenvalue weighted by Crippen LogP contribution is -2.52. The van der Waals surface area contributed by atoms with Gasteiger partial charge in [0.2, 0.25) is 17.7 Å². The number of nitrogens with zero attached hydrogens (tertiary/aromatic N) is 3. The fourth-order valence-corrected chi connectivity index (χ4v) is 4.53. The number of hydrogen-bond donors (Lipinski definition) is 0. The van der Waals surface area contributed by atoms with Gasteiger partial charge in [0, 0.05) is 51.3 Å². The molecule has 2 heterocycles. The monoisotopic (exact) mass is 433 g/mol. The number of amides is 3. The van der Waals surface area contributed by atoms with Gasteiger partial charge in [0.05, 0.1) is 5.92 Å². The molecule has 3 amide bonds. The molecule has 0 spiro atoms. The van der Waals surface area contributed by atoms with Gasteiger partial charge in [0.15, 0.2) is 0 Å². The van der Waals surface area contributed by atoms with Crippen molar-refractivity contribution in [3.8, 4) is 0 Å². The van der Waals surface area contributed by atoms with E-state index in [0.717, 1.165) is 24.1 Å². The van der Waals surface area contributed by atoms with E-state index >= 15 is 0 Å². The minimum atomic E-state index is -0.308. The van der Waals surface area contributed by atoms with Crippen molar-refractivity contribution in [1.29, 1.82) is 0 Å². The maximum Gasteiger partial charge on any atom is 0.228 e. The van der Waals surface area contributed by atoms with Crippen LogP contribution in [-0.2, 0) is 20.8 Å². The fourth-order valence-electron chi connectivity index (χ4n) is 4.53. The molecule has 0 N–H and O–H groups in total. The Morgan fingerprint density at radius 3 is 2.25 bits per heavy atom. The summed E-state index contributed by atoms with van der Waals surface area (Å²) in [5.41, 5.74) is 3.24. The largest absolute Gasteiger partial charge is 0.339 e. The standard InChI is InChI=1S/C26H31N3O3/c1-20-10-12-23(13-11-20)29-19-22(18-25(29)31)26(32)28-16-14-27(15-17-28)24(30)9-5-8-21-6-3-2-4-7-21/h2-4,6-7,10-13,22H,5,8-9,14-19H2,1H3. The third kappa shape index (κ3) is 5.18. The van der Waals surface area contributed by atoms with Gasteiger partial charge >= 0.3 is 0 Å². The maximum absolute atomic E-state index is 13.0. The summed E-state index contributed by atoms with van der Waals surface area (Å²) in [7, 11) is 0. The zero-order chi connectivity index (χ0) is 22.5. The van der Waals surface area contributed by atoms with E-state index in [1.165, 1.54) is 5.56 Å². The third-order valence-corrected chi connectivity index (χ3v) is 6.46. The zero-order valence-electron chi connectivity index (χ0n) is 18.7. The van der Waals surface area contributed by atoms with E-state index in [9.17, 15) is 14.4 Å². The van der Waals surface area contributed by atoms with Crippen LogP contribution in [0.25, 0.3) is 0 Å². The Hall–Kier alpha value is -3.15. The van der Waals surface area contributed by atoms with Crippen molar-refractivity contribution in [3.05, 3.63) is 65.7 Å². The minimum Gasteiger partial charge on any atom is -0.339 e. The Bertz CT molecular complexity index is 950. The number of carbonyl (C=O) groups excluding carboxylic acids is 3. The maximum atomic E-state index is 13.0. The average Bonchev–Trinajstić information content (AvgIpc) is 3.21.